The Kier molecular flexibility index (Phi) is 6.41. The first kappa shape index (κ1) is 18.9. The molecular formula is C21H23FN2O3. The van der Waals surface area contributed by atoms with E-state index in [4.69, 9.17) is 4.74 Å². The van der Waals surface area contributed by atoms with Gasteiger partial charge < -0.3 is 15.0 Å². The van der Waals surface area contributed by atoms with Gasteiger partial charge >= 0.3 is 0 Å². The molecule has 0 bridgehead atoms. The fourth-order valence-electron chi connectivity index (χ4n) is 3.08. The summed E-state index contributed by atoms with van der Waals surface area (Å²) in [6.45, 7) is 1.47. The van der Waals surface area contributed by atoms with Crippen molar-refractivity contribution in [3.8, 4) is 5.75 Å². The van der Waals surface area contributed by atoms with Crippen molar-refractivity contribution in [1.29, 1.82) is 0 Å². The van der Waals surface area contributed by atoms with Crippen LogP contribution in [0.15, 0.2) is 54.6 Å². The lowest BCUT2D eigenvalue weighted by molar-refractivity contribution is -0.122. The second kappa shape index (κ2) is 9.16. The van der Waals surface area contributed by atoms with Crippen molar-refractivity contribution in [2.75, 3.05) is 19.7 Å². The molecule has 2 aromatic rings. The number of para-hydroxylation sites is 1. The lowest BCUT2D eigenvalue weighted by Gasteiger charge is -2.32. The van der Waals surface area contributed by atoms with Crippen LogP contribution < -0.4 is 10.1 Å². The minimum atomic E-state index is -0.357. The lowest BCUT2D eigenvalue weighted by Crippen LogP contribution is -2.46. The quantitative estimate of drug-likeness (QED) is 0.850. The zero-order valence-electron chi connectivity index (χ0n) is 15.1. The maximum Gasteiger partial charge on any atom is 0.253 e. The fourth-order valence-corrected chi connectivity index (χ4v) is 3.08. The van der Waals surface area contributed by atoms with E-state index in [9.17, 15) is 14.0 Å². The van der Waals surface area contributed by atoms with E-state index in [1.54, 1.807) is 4.90 Å². The Morgan fingerprint density at radius 1 is 1.04 bits per heavy atom. The molecule has 0 aromatic heterocycles. The molecule has 6 heteroatoms. The molecule has 0 spiro atoms. The minimum absolute atomic E-state index is 0.0470. The first-order valence-electron chi connectivity index (χ1n) is 9.14. The molecule has 1 aliphatic rings. The van der Waals surface area contributed by atoms with Gasteiger partial charge in [0.25, 0.3) is 5.91 Å². The molecule has 5 nitrogen and oxygen atoms in total. The standard InChI is InChI=1S/C21H23FN2O3/c22-17-8-6-16(7-9-17)21(26)24-13-10-18(11-14-24)23-20(25)12-15-27-19-4-2-1-3-5-19/h1-9,18H,10-15H2,(H,23,25). The third-order valence-corrected chi connectivity index (χ3v) is 4.58. The number of nitrogens with zero attached hydrogens (tertiary/aromatic N) is 1. The van der Waals surface area contributed by atoms with Crippen molar-refractivity contribution < 1.29 is 18.7 Å². The third-order valence-electron chi connectivity index (χ3n) is 4.58. The van der Waals surface area contributed by atoms with Crippen LogP contribution in [0.1, 0.15) is 29.6 Å². The van der Waals surface area contributed by atoms with Crippen molar-refractivity contribution in [2.45, 2.75) is 25.3 Å². The van der Waals surface area contributed by atoms with E-state index in [-0.39, 0.29) is 23.7 Å². The summed E-state index contributed by atoms with van der Waals surface area (Å²) in [6, 6.07) is 15.0. The van der Waals surface area contributed by atoms with Gasteiger partial charge in [-0.3, -0.25) is 9.59 Å². The number of carbonyl (C=O) groups is 2. The Hall–Kier alpha value is -2.89. The zero-order chi connectivity index (χ0) is 19.1. The molecule has 1 saturated heterocycles. The molecule has 1 N–H and O–H groups in total. The Balaban J connectivity index is 1.38. The summed E-state index contributed by atoms with van der Waals surface area (Å²) in [5, 5.41) is 3.01. The molecule has 27 heavy (non-hydrogen) atoms. The highest BCUT2D eigenvalue weighted by Gasteiger charge is 2.24. The molecule has 0 unspecified atom stereocenters. The van der Waals surface area contributed by atoms with Crippen LogP contribution in [0, 0.1) is 5.82 Å². The molecule has 0 saturated carbocycles. The number of likely N-dealkylation sites (tertiary alicyclic amines) is 1. The second-order valence-corrected chi connectivity index (χ2v) is 6.55. The number of piperidine rings is 1. The summed E-state index contributed by atoms with van der Waals surface area (Å²) in [4.78, 5) is 26.2. The number of ether oxygens (including phenoxy) is 1. The van der Waals surface area contributed by atoms with Crippen LogP contribution in [0.5, 0.6) is 5.75 Å². The number of halogens is 1. The number of hydrogen-bond acceptors (Lipinski definition) is 3. The van der Waals surface area contributed by atoms with Gasteiger partial charge in [-0.15, -0.1) is 0 Å². The highest BCUT2D eigenvalue weighted by Crippen LogP contribution is 2.15. The van der Waals surface area contributed by atoms with Crippen LogP contribution >= 0.6 is 0 Å². The Morgan fingerprint density at radius 2 is 1.70 bits per heavy atom. The minimum Gasteiger partial charge on any atom is -0.493 e. The van der Waals surface area contributed by atoms with E-state index < -0.39 is 0 Å². The molecule has 2 amide bonds. The van der Waals surface area contributed by atoms with Crippen molar-refractivity contribution in [3.63, 3.8) is 0 Å². The maximum absolute atomic E-state index is 13.0. The molecule has 0 radical (unpaired) electrons. The summed E-state index contributed by atoms with van der Waals surface area (Å²) >= 11 is 0. The molecule has 3 rings (SSSR count). The molecule has 1 aliphatic heterocycles. The number of nitrogens with one attached hydrogen (secondary N) is 1. The monoisotopic (exact) mass is 370 g/mol. The van der Waals surface area contributed by atoms with E-state index in [1.165, 1.54) is 24.3 Å². The zero-order valence-corrected chi connectivity index (χ0v) is 15.1. The van der Waals surface area contributed by atoms with Gasteiger partial charge in [-0.1, -0.05) is 18.2 Å². The van der Waals surface area contributed by atoms with E-state index in [0.717, 1.165) is 5.75 Å². The van der Waals surface area contributed by atoms with Gasteiger partial charge in [0.05, 0.1) is 13.0 Å². The van der Waals surface area contributed by atoms with Crippen molar-refractivity contribution in [3.05, 3.63) is 66.0 Å². The molecule has 0 atom stereocenters. The van der Waals surface area contributed by atoms with Gasteiger partial charge in [-0.25, -0.2) is 4.39 Å². The first-order valence-corrected chi connectivity index (χ1v) is 9.14. The molecule has 2 aromatic carbocycles. The highest BCUT2D eigenvalue weighted by molar-refractivity contribution is 5.94. The van der Waals surface area contributed by atoms with Crippen molar-refractivity contribution >= 4 is 11.8 Å². The van der Waals surface area contributed by atoms with Gasteiger partial charge in [0.2, 0.25) is 5.91 Å². The summed E-state index contributed by atoms with van der Waals surface area (Å²) in [7, 11) is 0. The SMILES string of the molecule is O=C(CCOc1ccccc1)NC1CCN(C(=O)c2ccc(F)cc2)CC1. The normalized spacial score (nSPS) is 14.6. The summed E-state index contributed by atoms with van der Waals surface area (Å²) in [5.41, 5.74) is 0.483. The Bertz CT molecular complexity index is 757. The van der Waals surface area contributed by atoms with Gasteiger partial charge in [-0.2, -0.15) is 0 Å². The number of benzene rings is 2. The Morgan fingerprint density at radius 3 is 2.37 bits per heavy atom. The van der Waals surface area contributed by atoms with Gasteiger partial charge in [0.15, 0.2) is 0 Å². The average Bonchev–Trinajstić information content (AvgIpc) is 2.69. The van der Waals surface area contributed by atoms with Crippen LogP contribution in [0.2, 0.25) is 0 Å². The van der Waals surface area contributed by atoms with E-state index in [2.05, 4.69) is 5.32 Å². The lowest BCUT2D eigenvalue weighted by atomic mass is 10.0. The summed E-state index contributed by atoms with van der Waals surface area (Å²) in [5.74, 6) is 0.243. The number of rotatable bonds is 6. The summed E-state index contributed by atoms with van der Waals surface area (Å²) < 4.78 is 18.5. The molecule has 142 valence electrons. The molecule has 1 heterocycles. The van der Waals surface area contributed by atoms with Crippen LogP contribution in [-0.4, -0.2) is 42.5 Å². The number of amides is 2. The predicted octanol–water partition coefficient (Wildman–Crippen LogP) is 3.02. The van der Waals surface area contributed by atoms with E-state index >= 15 is 0 Å². The van der Waals surface area contributed by atoms with Crippen LogP contribution in [0.4, 0.5) is 4.39 Å². The molecule has 0 aliphatic carbocycles. The Labute approximate surface area is 158 Å². The van der Waals surface area contributed by atoms with Crippen molar-refractivity contribution in [2.24, 2.45) is 0 Å². The molecular weight excluding hydrogens is 347 g/mol. The van der Waals surface area contributed by atoms with Crippen LogP contribution in [-0.2, 0) is 4.79 Å². The van der Waals surface area contributed by atoms with Crippen LogP contribution in [0.25, 0.3) is 0 Å². The first-order chi connectivity index (χ1) is 13.1. The topological polar surface area (TPSA) is 58.6 Å². The van der Waals surface area contributed by atoms with Gasteiger partial charge in [0.1, 0.15) is 11.6 Å². The fraction of sp³-hybridized carbons (Fsp3) is 0.333. The predicted molar refractivity (Wildman–Crippen MR) is 100 cm³/mol. The molecule has 1 fully saturated rings. The van der Waals surface area contributed by atoms with E-state index in [0.29, 0.717) is 44.5 Å². The van der Waals surface area contributed by atoms with Gasteiger partial charge in [0, 0.05) is 24.7 Å². The number of carbonyl (C=O) groups excluding carboxylic acids is 2. The summed E-state index contributed by atoms with van der Waals surface area (Å²) in [6.07, 6.45) is 1.71. The maximum atomic E-state index is 13.0. The van der Waals surface area contributed by atoms with Crippen molar-refractivity contribution in [1.82, 2.24) is 10.2 Å². The van der Waals surface area contributed by atoms with Gasteiger partial charge in [-0.05, 0) is 49.2 Å². The highest BCUT2D eigenvalue weighted by atomic mass is 19.1. The average molecular weight is 370 g/mol. The number of hydrogen-bond donors (Lipinski definition) is 1. The van der Waals surface area contributed by atoms with E-state index in [1.807, 2.05) is 30.3 Å². The second-order valence-electron chi connectivity index (χ2n) is 6.55. The smallest absolute Gasteiger partial charge is 0.253 e. The third kappa shape index (κ3) is 5.54. The van der Waals surface area contributed by atoms with Crippen LogP contribution in [0.3, 0.4) is 0 Å². The largest absolute Gasteiger partial charge is 0.493 e.